The number of quaternary nitrogens is 1. The monoisotopic (exact) mass is 408 g/mol. The lowest BCUT2D eigenvalue weighted by molar-refractivity contribution is -0.687. The second-order valence-corrected chi connectivity index (χ2v) is 7.38. The Balaban J connectivity index is 0.00000225. The summed E-state index contributed by atoms with van der Waals surface area (Å²) in [6.07, 6.45) is 3.19. The van der Waals surface area contributed by atoms with Gasteiger partial charge >= 0.3 is 5.97 Å². The van der Waals surface area contributed by atoms with Gasteiger partial charge in [0.05, 0.1) is 35.5 Å². The number of nitrogens with zero attached hydrogens (tertiary/aromatic N) is 3. The summed E-state index contributed by atoms with van der Waals surface area (Å²) in [4.78, 5) is 37.3. The number of carbonyl (C=O) groups is 1. The molecule has 9 nitrogen and oxygen atoms in total. The minimum Gasteiger partial charge on any atom is -1.00 e. The molecule has 10 heteroatoms. The number of pyridine rings is 1. The number of carboxylic acid groups (broad SMARTS) is 1. The number of nitrogens with two attached hydrogens (primary N) is 1. The highest BCUT2D eigenvalue weighted by Gasteiger charge is 2.31. The fourth-order valence-corrected chi connectivity index (χ4v) is 3.83. The van der Waals surface area contributed by atoms with Gasteiger partial charge in [0, 0.05) is 18.3 Å². The maximum atomic E-state index is 12.6. The summed E-state index contributed by atoms with van der Waals surface area (Å²) in [6.45, 7) is 4.26. The molecule has 150 valence electrons. The zero-order chi connectivity index (χ0) is 19.3. The van der Waals surface area contributed by atoms with E-state index in [1.54, 1.807) is 10.6 Å². The quantitative estimate of drug-likeness (QED) is 0.434. The van der Waals surface area contributed by atoms with Crippen LogP contribution in [-0.4, -0.2) is 46.2 Å². The third kappa shape index (κ3) is 3.43. The number of carboxylic acids is 1. The number of anilines is 1. The summed E-state index contributed by atoms with van der Waals surface area (Å²) in [7, 11) is 0. The Hall–Kier alpha value is -2.65. The maximum absolute atomic E-state index is 12.6. The van der Waals surface area contributed by atoms with Crippen molar-refractivity contribution in [3.63, 3.8) is 0 Å². The van der Waals surface area contributed by atoms with E-state index in [1.807, 2.05) is 4.90 Å². The number of benzene rings is 1. The van der Waals surface area contributed by atoms with Gasteiger partial charge in [-0.05, 0) is 25.8 Å². The van der Waals surface area contributed by atoms with Crippen LogP contribution in [0.15, 0.2) is 23.1 Å². The van der Waals surface area contributed by atoms with Gasteiger partial charge in [-0.2, -0.15) is 0 Å². The first kappa shape index (κ1) is 20.1. The van der Waals surface area contributed by atoms with Crippen molar-refractivity contribution >= 4 is 28.2 Å². The highest BCUT2D eigenvalue weighted by molar-refractivity contribution is 5.95. The fourth-order valence-electron chi connectivity index (χ4n) is 3.83. The summed E-state index contributed by atoms with van der Waals surface area (Å²) in [5, 5.41) is 23.3. The smallest absolute Gasteiger partial charge is 0.341 e. The van der Waals surface area contributed by atoms with Gasteiger partial charge in [0.2, 0.25) is 5.43 Å². The third-order valence-electron chi connectivity index (χ3n) is 5.31. The molecule has 1 saturated carbocycles. The first-order chi connectivity index (χ1) is 12.9. The number of rotatable bonds is 4. The average molecular weight is 409 g/mol. The van der Waals surface area contributed by atoms with Gasteiger partial charge in [0.15, 0.2) is 0 Å². The molecule has 2 heterocycles. The molecule has 1 atom stereocenters. The number of aromatic carboxylic acids is 1. The van der Waals surface area contributed by atoms with Crippen LogP contribution in [0.2, 0.25) is 0 Å². The topological polar surface area (TPSA) is 122 Å². The molecule has 1 saturated heterocycles. The Morgan fingerprint density at radius 3 is 2.64 bits per heavy atom. The Labute approximate surface area is 166 Å². The Morgan fingerprint density at radius 2 is 2.07 bits per heavy atom. The molecule has 1 aliphatic heterocycles. The maximum Gasteiger partial charge on any atom is 0.341 e. The van der Waals surface area contributed by atoms with Gasteiger partial charge < -0.3 is 32.3 Å². The molecule has 2 aromatic rings. The van der Waals surface area contributed by atoms with Crippen LogP contribution in [-0.2, 0) is 0 Å². The van der Waals surface area contributed by atoms with Crippen LogP contribution in [0.3, 0.4) is 0 Å². The third-order valence-corrected chi connectivity index (χ3v) is 5.31. The van der Waals surface area contributed by atoms with Crippen molar-refractivity contribution in [2.24, 2.45) is 0 Å². The summed E-state index contributed by atoms with van der Waals surface area (Å²) < 4.78 is 1.80. The van der Waals surface area contributed by atoms with Crippen LogP contribution in [0.25, 0.3) is 10.9 Å². The number of piperazine rings is 1. The van der Waals surface area contributed by atoms with Crippen LogP contribution < -0.4 is 28.1 Å². The molecule has 1 aliphatic carbocycles. The molecule has 0 radical (unpaired) electrons. The first-order valence-corrected chi connectivity index (χ1v) is 9.05. The molecule has 1 aromatic heterocycles. The standard InChI is InChI=1S/C18H20N4O5.ClH/c1-10-8-20(5-4-19-10)15-7-14-12(6-16(15)22(26)27)17(23)13(18(24)25)9-21(14)11-2-3-11;/h6-7,9-11,19H,2-5,8H2,1H3,(H,24,25);1H. The minimum atomic E-state index is -1.32. The SMILES string of the molecule is CC1CN(c2cc3c(cc2[N+](=O)[O-])c(=O)c(C(=O)O)cn3C2CC2)CC[NH2+]1.[Cl-]. The van der Waals surface area contributed by atoms with Crippen molar-refractivity contribution in [2.45, 2.75) is 31.8 Å². The molecule has 28 heavy (non-hydrogen) atoms. The molecule has 0 amide bonds. The van der Waals surface area contributed by atoms with Crippen LogP contribution in [0.1, 0.15) is 36.2 Å². The van der Waals surface area contributed by atoms with Gasteiger partial charge in [0.25, 0.3) is 5.69 Å². The van der Waals surface area contributed by atoms with Crippen molar-refractivity contribution < 1.29 is 32.5 Å². The minimum absolute atomic E-state index is 0. The lowest BCUT2D eigenvalue weighted by Crippen LogP contribution is -3.00. The highest BCUT2D eigenvalue weighted by atomic mass is 35.5. The molecule has 3 N–H and O–H groups in total. The van der Waals surface area contributed by atoms with E-state index in [2.05, 4.69) is 12.2 Å². The number of halogens is 1. The molecule has 1 unspecified atom stereocenters. The summed E-state index contributed by atoms with van der Waals surface area (Å²) in [6, 6.07) is 3.39. The fraction of sp³-hybridized carbons (Fsp3) is 0.444. The Morgan fingerprint density at radius 1 is 1.36 bits per heavy atom. The lowest BCUT2D eigenvalue weighted by Gasteiger charge is -2.31. The predicted molar refractivity (Wildman–Crippen MR) is 98.6 cm³/mol. The zero-order valence-electron chi connectivity index (χ0n) is 15.3. The van der Waals surface area contributed by atoms with E-state index < -0.39 is 16.3 Å². The van der Waals surface area contributed by atoms with Gasteiger partial charge in [-0.25, -0.2) is 4.79 Å². The van der Waals surface area contributed by atoms with Crippen LogP contribution in [0, 0.1) is 10.1 Å². The van der Waals surface area contributed by atoms with Crippen LogP contribution >= 0.6 is 0 Å². The van der Waals surface area contributed by atoms with Crippen molar-refractivity contribution in [3.05, 3.63) is 44.2 Å². The van der Waals surface area contributed by atoms with Gasteiger partial charge in [0.1, 0.15) is 17.3 Å². The summed E-state index contributed by atoms with van der Waals surface area (Å²) in [5.41, 5.74) is -0.125. The normalized spacial score (nSPS) is 19.3. The Kier molecular flexibility index (Phi) is 5.31. The van der Waals surface area contributed by atoms with Crippen LogP contribution in [0.4, 0.5) is 11.4 Å². The number of nitro groups is 1. The molecule has 4 rings (SSSR count). The molecular weight excluding hydrogens is 388 g/mol. The molecule has 2 aliphatic rings. The number of hydrogen-bond donors (Lipinski definition) is 2. The molecule has 0 bridgehead atoms. The Bertz CT molecular complexity index is 1020. The molecule has 0 spiro atoms. The van der Waals surface area contributed by atoms with Gasteiger partial charge in [-0.15, -0.1) is 0 Å². The van der Waals surface area contributed by atoms with Gasteiger partial charge in [-0.1, -0.05) is 0 Å². The summed E-state index contributed by atoms with van der Waals surface area (Å²) in [5.74, 6) is -1.32. The molecule has 2 fully saturated rings. The van der Waals surface area contributed by atoms with E-state index in [0.717, 1.165) is 19.4 Å². The van der Waals surface area contributed by atoms with E-state index in [-0.39, 0.29) is 35.1 Å². The van der Waals surface area contributed by atoms with E-state index >= 15 is 0 Å². The molecule has 1 aromatic carbocycles. The van der Waals surface area contributed by atoms with E-state index in [9.17, 15) is 24.8 Å². The second kappa shape index (κ2) is 7.40. The van der Waals surface area contributed by atoms with E-state index in [1.165, 1.54) is 12.3 Å². The van der Waals surface area contributed by atoms with Crippen molar-refractivity contribution in [2.75, 3.05) is 24.5 Å². The number of aromatic nitrogens is 1. The molecular formula is C18H21ClN4O5. The summed E-state index contributed by atoms with van der Waals surface area (Å²) >= 11 is 0. The number of fused-ring (bicyclic) bond motifs is 1. The van der Waals surface area contributed by atoms with Crippen molar-refractivity contribution in [3.8, 4) is 0 Å². The number of nitro benzene ring substituents is 1. The highest BCUT2D eigenvalue weighted by Crippen LogP contribution is 2.39. The first-order valence-electron chi connectivity index (χ1n) is 9.05. The second-order valence-electron chi connectivity index (χ2n) is 7.38. The number of hydrogen-bond acceptors (Lipinski definition) is 5. The predicted octanol–water partition coefficient (Wildman–Crippen LogP) is -2.28. The van der Waals surface area contributed by atoms with Crippen molar-refractivity contribution in [1.82, 2.24) is 4.57 Å². The van der Waals surface area contributed by atoms with Crippen molar-refractivity contribution in [1.29, 1.82) is 0 Å². The van der Waals surface area contributed by atoms with E-state index in [0.29, 0.717) is 30.3 Å². The largest absolute Gasteiger partial charge is 1.00 e. The lowest BCUT2D eigenvalue weighted by atomic mass is 10.1. The van der Waals surface area contributed by atoms with E-state index in [4.69, 9.17) is 0 Å². The van der Waals surface area contributed by atoms with Crippen LogP contribution in [0.5, 0.6) is 0 Å². The zero-order valence-corrected chi connectivity index (χ0v) is 16.1. The van der Waals surface area contributed by atoms with Gasteiger partial charge in [-0.3, -0.25) is 14.9 Å². The average Bonchev–Trinajstić information content (AvgIpc) is 3.45.